The standard InChI is InChI=1S/C21H25N3O5/c1-15-4-7-20(16(2)12-15)29-14-21(25)23-10-8-22(9-11-23)18-6-5-17(28-3)13-19(18)24(26)27/h4-7,12-13H,8-11,14H2,1-3H3. The van der Waals surface area contributed by atoms with Crippen LogP contribution in [-0.4, -0.2) is 55.6 Å². The van der Waals surface area contributed by atoms with Crippen molar-refractivity contribution in [3.63, 3.8) is 0 Å². The second-order valence-corrected chi connectivity index (χ2v) is 7.04. The molecule has 0 unspecified atom stereocenters. The summed E-state index contributed by atoms with van der Waals surface area (Å²) >= 11 is 0. The monoisotopic (exact) mass is 399 g/mol. The number of aryl methyl sites for hydroxylation is 2. The lowest BCUT2D eigenvalue weighted by Gasteiger charge is -2.35. The Morgan fingerprint density at radius 1 is 1.10 bits per heavy atom. The molecule has 1 aliphatic heterocycles. The number of anilines is 1. The van der Waals surface area contributed by atoms with E-state index in [1.807, 2.05) is 36.9 Å². The molecule has 0 saturated carbocycles. The van der Waals surface area contributed by atoms with Crippen LogP contribution in [0.3, 0.4) is 0 Å². The molecule has 1 aliphatic rings. The van der Waals surface area contributed by atoms with E-state index in [1.54, 1.807) is 17.0 Å². The number of amides is 1. The van der Waals surface area contributed by atoms with Crippen LogP contribution in [0.2, 0.25) is 0 Å². The molecule has 0 aliphatic carbocycles. The molecule has 2 aromatic rings. The average molecular weight is 399 g/mol. The lowest BCUT2D eigenvalue weighted by atomic mass is 10.1. The lowest BCUT2D eigenvalue weighted by molar-refractivity contribution is -0.384. The van der Waals surface area contributed by atoms with Gasteiger partial charge in [0.1, 0.15) is 17.2 Å². The van der Waals surface area contributed by atoms with Gasteiger partial charge >= 0.3 is 0 Å². The van der Waals surface area contributed by atoms with Gasteiger partial charge in [0, 0.05) is 26.2 Å². The van der Waals surface area contributed by atoms with Gasteiger partial charge in [-0.15, -0.1) is 0 Å². The third-order valence-corrected chi connectivity index (χ3v) is 5.03. The van der Waals surface area contributed by atoms with Crippen LogP contribution in [0.15, 0.2) is 36.4 Å². The smallest absolute Gasteiger partial charge is 0.296 e. The lowest BCUT2D eigenvalue weighted by Crippen LogP contribution is -2.50. The zero-order valence-electron chi connectivity index (χ0n) is 16.9. The van der Waals surface area contributed by atoms with Crippen molar-refractivity contribution in [2.45, 2.75) is 13.8 Å². The Hall–Kier alpha value is -3.29. The number of carbonyl (C=O) groups is 1. The molecule has 0 atom stereocenters. The van der Waals surface area contributed by atoms with Gasteiger partial charge in [-0.3, -0.25) is 14.9 Å². The molecule has 0 spiro atoms. The van der Waals surface area contributed by atoms with Gasteiger partial charge in [-0.1, -0.05) is 17.7 Å². The minimum Gasteiger partial charge on any atom is -0.496 e. The van der Waals surface area contributed by atoms with Crippen LogP contribution in [-0.2, 0) is 4.79 Å². The van der Waals surface area contributed by atoms with Crippen molar-refractivity contribution in [1.82, 2.24) is 4.90 Å². The number of nitro groups is 1. The van der Waals surface area contributed by atoms with Gasteiger partial charge in [0.15, 0.2) is 6.61 Å². The zero-order chi connectivity index (χ0) is 21.0. The van der Waals surface area contributed by atoms with Gasteiger partial charge < -0.3 is 19.3 Å². The summed E-state index contributed by atoms with van der Waals surface area (Å²) in [7, 11) is 1.48. The molecule has 1 heterocycles. The molecular formula is C21H25N3O5. The third-order valence-electron chi connectivity index (χ3n) is 5.03. The molecule has 1 fully saturated rings. The van der Waals surface area contributed by atoms with E-state index in [9.17, 15) is 14.9 Å². The molecular weight excluding hydrogens is 374 g/mol. The number of methoxy groups -OCH3 is 1. The van der Waals surface area contributed by atoms with E-state index in [-0.39, 0.29) is 18.2 Å². The van der Waals surface area contributed by atoms with Gasteiger partial charge in [-0.05, 0) is 37.6 Å². The molecule has 0 radical (unpaired) electrons. The van der Waals surface area contributed by atoms with Crippen LogP contribution in [0, 0.1) is 24.0 Å². The Bertz CT molecular complexity index is 907. The molecule has 2 aromatic carbocycles. The molecule has 0 bridgehead atoms. The molecule has 154 valence electrons. The number of nitrogens with zero attached hydrogens (tertiary/aromatic N) is 3. The normalized spacial score (nSPS) is 13.9. The SMILES string of the molecule is COc1ccc(N2CCN(C(=O)COc3ccc(C)cc3C)CC2)c([N+](=O)[O-])c1. The minimum absolute atomic E-state index is 0.00214. The molecule has 8 nitrogen and oxygen atoms in total. The first-order valence-corrected chi connectivity index (χ1v) is 9.44. The average Bonchev–Trinajstić information content (AvgIpc) is 2.72. The largest absolute Gasteiger partial charge is 0.496 e. The number of hydrogen-bond acceptors (Lipinski definition) is 6. The second kappa shape index (κ2) is 8.81. The van der Waals surface area contributed by atoms with Gasteiger partial charge in [-0.2, -0.15) is 0 Å². The summed E-state index contributed by atoms with van der Waals surface area (Å²) < 4.78 is 10.8. The predicted octanol–water partition coefficient (Wildman–Crippen LogP) is 2.95. The minimum atomic E-state index is -0.410. The topological polar surface area (TPSA) is 85.2 Å². The molecule has 3 rings (SSSR count). The molecule has 0 N–H and O–H groups in total. The van der Waals surface area contributed by atoms with E-state index in [0.29, 0.717) is 43.4 Å². The van der Waals surface area contributed by atoms with E-state index in [2.05, 4.69) is 0 Å². The summed E-state index contributed by atoms with van der Waals surface area (Å²) in [5.41, 5.74) is 2.68. The fraction of sp³-hybridized carbons (Fsp3) is 0.381. The van der Waals surface area contributed by atoms with Crippen LogP contribution < -0.4 is 14.4 Å². The maximum Gasteiger partial charge on any atom is 0.296 e. The van der Waals surface area contributed by atoms with Crippen LogP contribution in [0.25, 0.3) is 0 Å². The summed E-state index contributed by atoms with van der Waals surface area (Å²) in [5, 5.41) is 11.4. The highest BCUT2D eigenvalue weighted by Crippen LogP contribution is 2.32. The Balaban J connectivity index is 1.59. The first-order chi connectivity index (χ1) is 13.9. The predicted molar refractivity (Wildman–Crippen MR) is 110 cm³/mol. The zero-order valence-corrected chi connectivity index (χ0v) is 16.9. The van der Waals surface area contributed by atoms with E-state index in [4.69, 9.17) is 9.47 Å². The number of ether oxygens (including phenoxy) is 2. The number of benzene rings is 2. The van der Waals surface area contributed by atoms with Crippen molar-refractivity contribution in [3.05, 3.63) is 57.6 Å². The maximum atomic E-state index is 12.5. The fourth-order valence-corrected chi connectivity index (χ4v) is 3.43. The van der Waals surface area contributed by atoms with Crippen molar-refractivity contribution < 1.29 is 19.2 Å². The molecule has 1 amide bonds. The molecule has 29 heavy (non-hydrogen) atoms. The number of piperazine rings is 1. The summed E-state index contributed by atoms with van der Waals surface area (Å²) in [6, 6.07) is 10.7. The van der Waals surface area contributed by atoms with E-state index in [0.717, 1.165) is 11.1 Å². The molecule has 1 saturated heterocycles. The van der Waals surface area contributed by atoms with Gasteiger partial charge in [0.2, 0.25) is 0 Å². The number of rotatable bonds is 6. The van der Waals surface area contributed by atoms with Crippen molar-refractivity contribution in [1.29, 1.82) is 0 Å². The van der Waals surface area contributed by atoms with Crippen molar-refractivity contribution in [2.75, 3.05) is 44.8 Å². The van der Waals surface area contributed by atoms with Crippen LogP contribution in [0.5, 0.6) is 11.5 Å². The highest BCUT2D eigenvalue weighted by Gasteiger charge is 2.26. The first kappa shape index (κ1) is 20.4. The maximum absolute atomic E-state index is 12.5. The van der Waals surface area contributed by atoms with Gasteiger partial charge in [-0.25, -0.2) is 0 Å². The molecule has 0 aromatic heterocycles. The number of carbonyl (C=O) groups excluding carboxylic acids is 1. The summed E-state index contributed by atoms with van der Waals surface area (Å²) in [6.45, 7) is 5.94. The Labute approximate surface area is 169 Å². The van der Waals surface area contributed by atoms with Crippen LogP contribution in [0.1, 0.15) is 11.1 Å². The van der Waals surface area contributed by atoms with Gasteiger partial charge in [0.25, 0.3) is 11.6 Å². The van der Waals surface area contributed by atoms with E-state index >= 15 is 0 Å². The summed E-state index contributed by atoms with van der Waals surface area (Å²) in [4.78, 5) is 27.2. The van der Waals surface area contributed by atoms with Gasteiger partial charge in [0.05, 0.1) is 18.1 Å². The first-order valence-electron chi connectivity index (χ1n) is 9.44. The Kier molecular flexibility index (Phi) is 6.21. The number of hydrogen-bond donors (Lipinski definition) is 0. The third kappa shape index (κ3) is 4.77. The second-order valence-electron chi connectivity index (χ2n) is 7.04. The summed E-state index contributed by atoms with van der Waals surface area (Å²) in [6.07, 6.45) is 0. The molecule has 8 heteroatoms. The number of nitro benzene ring substituents is 1. The van der Waals surface area contributed by atoms with E-state index in [1.165, 1.54) is 13.2 Å². The van der Waals surface area contributed by atoms with E-state index < -0.39 is 4.92 Å². The highest BCUT2D eigenvalue weighted by molar-refractivity contribution is 5.78. The Morgan fingerprint density at radius 3 is 2.45 bits per heavy atom. The Morgan fingerprint density at radius 2 is 1.83 bits per heavy atom. The fourth-order valence-electron chi connectivity index (χ4n) is 3.43. The summed E-state index contributed by atoms with van der Waals surface area (Å²) in [5.74, 6) is 1.06. The van der Waals surface area contributed by atoms with Crippen LogP contribution in [0.4, 0.5) is 11.4 Å². The van der Waals surface area contributed by atoms with Crippen LogP contribution >= 0.6 is 0 Å². The quantitative estimate of drug-likeness (QED) is 0.548. The van der Waals surface area contributed by atoms with Crippen molar-refractivity contribution >= 4 is 17.3 Å². The highest BCUT2D eigenvalue weighted by atomic mass is 16.6. The van der Waals surface area contributed by atoms with Crippen molar-refractivity contribution in [2.24, 2.45) is 0 Å². The van der Waals surface area contributed by atoms with Crippen molar-refractivity contribution in [3.8, 4) is 11.5 Å².